The van der Waals surface area contributed by atoms with Crippen LogP contribution in [-0.2, 0) is 4.79 Å². The summed E-state index contributed by atoms with van der Waals surface area (Å²) in [6.45, 7) is 2.91. The highest BCUT2D eigenvalue weighted by Gasteiger charge is 2.32. The van der Waals surface area contributed by atoms with Crippen molar-refractivity contribution in [3.05, 3.63) is 57.5 Å². The van der Waals surface area contributed by atoms with Crippen molar-refractivity contribution in [1.82, 2.24) is 9.88 Å². The summed E-state index contributed by atoms with van der Waals surface area (Å²) in [5.41, 5.74) is 2.23. The number of benzene rings is 2. The molecule has 6 heteroatoms. The first-order valence-corrected chi connectivity index (χ1v) is 11.3. The second kappa shape index (κ2) is 7.71. The summed E-state index contributed by atoms with van der Waals surface area (Å²) in [7, 11) is 0. The molecule has 1 fully saturated rings. The molecule has 2 aromatic carbocycles. The fourth-order valence-corrected chi connectivity index (χ4v) is 5.84. The number of nitrogens with zero attached hydrogens (tertiary/aromatic N) is 2. The van der Waals surface area contributed by atoms with Crippen LogP contribution in [0.3, 0.4) is 0 Å². The van der Waals surface area contributed by atoms with Crippen molar-refractivity contribution in [3.8, 4) is 0 Å². The first-order chi connectivity index (χ1) is 12.6. The Balaban J connectivity index is 1.48. The van der Waals surface area contributed by atoms with Crippen LogP contribution < -0.4 is 0 Å². The van der Waals surface area contributed by atoms with Gasteiger partial charge in [0.1, 0.15) is 5.01 Å². The van der Waals surface area contributed by atoms with Gasteiger partial charge >= 0.3 is 0 Å². The molecule has 0 saturated carbocycles. The quantitative estimate of drug-likeness (QED) is 0.473. The third-order valence-corrected chi connectivity index (χ3v) is 7.45. The Morgan fingerprint density at radius 3 is 3.00 bits per heavy atom. The highest BCUT2D eigenvalue weighted by atomic mass is 79.9. The van der Waals surface area contributed by atoms with E-state index in [0.29, 0.717) is 5.75 Å². The van der Waals surface area contributed by atoms with Gasteiger partial charge in [0.25, 0.3) is 0 Å². The highest BCUT2D eigenvalue weighted by molar-refractivity contribution is 9.10. The van der Waals surface area contributed by atoms with Crippen LogP contribution in [0.4, 0.5) is 0 Å². The van der Waals surface area contributed by atoms with Gasteiger partial charge in [0.05, 0.1) is 22.0 Å². The summed E-state index contributed by atoms with van der Waals surface area (Å²) in [6, 6.07) is 14.5. The molecule has 1 aliphatic heterocycles. The van der Waals surface area contributed by atoms with Gasteiger partial charge in [0, 0.05) is 15.9 Å². The zero-order valence-electron chi connectivity index (χ0n) is 14.4. The number of thioether (sulfide) groups is 1. The van der Waals surface area contributed by atoms with Crippen LogP contribution in [0.25, 0.3) is 10.2 Å². The number of rotatable bonds is 4. The molecule has 0 aliphatic carbocycles. The monoisotopic (exact) mass is 446 g/mol. The first kappa shape index (κ1) is 18.0. The number of hydrogen-bond donors (Lipinski definition) is 0. The van der Waals surface area contributed by atoms with Crippen LogP contribution in [0.1, 0.15) is 29.5 Å². The molecule has 1 saturated heterocycles. The van der Waals surface area contributed by atoms with Crippen LogP contribution in [0.15, 0.2) is 51.8 Å². The van der Waals surface area contributed by atoms with Gasteiger partial charge < -0.3 is 4.90 Å². The van der Waals surface area contributed by atoms with Crippen molar-refractivity contribution >= 4 is 55.2 Å². The number of para-hydroxylation sites is 1. The summed E-state index contributed by atoms with van der Waals surface area (Å²) in [5.74, 6) is 0.684. The Labute approximate surface area is 169 Å². The van der Waals surface area contributed by atoms with Gasteiger partial charge in [-0.1, -0.05) is 28.1 Å². The van der Waals surface area contributed by atoms with E-state index in [0.717, 1.165) is 39.3 Å². The van der Waals surface area contributed by atoms with E-state index in [-0.39, 0.29) is 11.9 Å². The number of thiazole rings is 1. The number of fused-ring (bicyclic) bond motifs is 1. The molecule has 1 amide bonds. The maximum atomic E-state index is 12.9. The van der Waals surface area contributed by atoms with Gasteiger partial charge in [-0.2, -0.15) is 0 Å². The highest BCUT2D eigenvalue weighted by Crippen LogP contribution is 2.37. The van der Waals surface area contributed by atoms with Crippen molar-refractivity contribution in [3.63, 3.8) is 0 Å². The summed E-state index contributed by atoms with van der Waals surface area (Å²) in [5, 5.41) is 1.07. The predicted molar refractivity (Wildman–Crippen MR) is 113 cm³/mol. The van der Waals surface area contributed by atoms with Gasteiger partial charge in [-0.15, -0.1) is 23.1 Å². The van der Waals surface area contributed by atoms with Crippen molar-refractivity contribution in [2.45, 2.75) is 30.7 Å². The van der Waals surface area contributed by atoms with E-state index in [4.69, 9.17) is 4.98 Å². The van der Waals surface area contributed by atoms with Crippen molar-refractivity contribution < 1.29 is 4.79 Å². The first-order valence-electron chi connectivity index (χ1n) is 8.66. The SMILES string of the molecule is Cc1cc(Br)ccc1SCC(=O)N1CCCC1c1nc2ccccc2s1. The Kier molecular flexibility index (Phi) is 5.34. The molecular formula is C20H19BrN2OS2. The maximum absolute atomic E-state index is 12.9. The number of aromatic nitrogens is 1. The average molecular weight is 447 g/mol. The molecule has 3 aromatic rings. The van der Waals surface area contributed by atoms with Crippen LogP contribution >= 0.6 is 39.0 Å². The normalized spacial score (nSPS) is 17.2. The number of aryl methyl sites for hydroxylation is 1. The lowest BCUT2D eigenvalue weighted by molar-refractivity contribution is -0.129. The van der Waals surface area contributed by atoms with E-state index in [1.807, 2.05) is 29.2 Å². The minimum Gasteiger partial charge on any atom is -0.332 e. The number of hydrogen-bond acceptors (Lipinski definition) is 4. The Bertz CT molecular complexity index is 923. The molecule has 0 radical (unpaired) electrons. The van der Waals surface area contributed by atoms with E-state index in [1.165, 1.54) is 10.3 Å². The van der Waals surface area contributed by atoms with Gasteiger partial charge in [-0.05, 0) is 55.7 Å². The summed E-state index contributed by atoms with van der Waals surface area (Å²) >= 11 is 6.83. The lowest BCUT2D eigenvalue weighted by atomic mass is 10.2. The maximum Gasteiger partial charge on any atom is 0.233 e. The fourth-order valence-electron chi connectivity index (χ4n) is 3.35. The van der Waals surface area contributed by atoms with E-state index in [9.17, 15) is 4.79 Å². The largest absolute Gasteiger partial charge is 0.332 e. The van der Waals surface area contributed by atoms with Gasteiger partial charge in [0.15, 0.2) is 0 Å². The molecule has 1 atom stereocenters. The number of likely N-dealkylation sites (tertiary alicyclic amines) is 1. The van der Waals surface area contributed by atoms with Crippen LogP contribution in [0.5, 0.6) is 0 Å². The smallest absolute Gasteiger partial charge is 0.233 e. The molecule has 1 aliphatic rings. The zero-order chi connectivity index (χ0) is 18.1. The molecule has 4 rings (SSSR count). The minimum atomic E-state index is 0.131. The van der Waals surface area contributed by atoms with E-state index in [2.05, 4.69) is 41.1 Å². The molecule has 3 nitrogen and oxygen atoms in total. The molecule has 134 valence electrons. The molecule has 1 unspecified atom stereocenters. The molecule has 2 heterocycles. The second-order valence-corrected chi connectivity index (χ2v) is 9.46. The van der Waals surface area contributed by atoms with Crippen LogP contribution in [0.2, 0.25) is 0 Å². The number of carbonyl (C=O) groups excluding carboxylic acids is 1. The lowest BCUT2D eigenvalue weighted by Crippen LogP contribution is -2.31. The summed E-state index contributed by atoms with van der Waals surface area (Å²) in [4.78, 5) is 20.8. The summed E-state index contributed by atoms with van der Waals surface area (Å²) in [6.07, 6.45) is 2.06. The Morgan fingerprint density at radius 1 is 1.35 bits per heavy atom. The molecule has 0 bridgehead atoms. The number of halogens is 1. The number of carbonyl (C=O) groups is 1. The van der Waals surface area contributed by atoms with Gasteiger partial charge in [-0.3, -0.25) is 4.79 Å². The van der Waals surface area contributed by atoms with Crippen molar-refractivity contribution in [2.24, 2.45) is 0 Å². The number of amides is 1. The molecular weight excluding hydrogens is 428 g/mol. The van der Waals surface area contributed by atoms with E-state index in [1.54, 1.807) is 23.1 Å². The lowest BCUT2D eigenvalue weighted by Gasteiger charge is -2.23. The van der Waals surface area contributed by atoms with Gasteiger partial charge in [0.2, 0.25) is 5.91 Å². The third kappa shape index (κ3) is 3.68. The van der Waals surface area contributed by atoms with Crippen LogP contribution in [0, 0.1) is 6.92 Å². The molecule has 0 N–H and O–H groups in total. The van der Waals surface area contributed by atoms with Crippen molar-refractivity contribution in [1.29, 1.82) is 0 Å². The standard InChI is InChI=1S/C20H19BrN2OS2/c1-13-11-14(21)8-9-17(13)25-12-19(24)23-10-4-6-16(23)20-22-15-5-2-3-7-18(15)26-20/h2-3,5,7-9,11,16H,4,6,10,12H2,1H3. The predicted octanol–water partition coefficient (Wildman–Crippen LogP) is 5.82. The fraction of sp³-hybridized carbons (Fsp3) is 0.300. The second-order valence-electron chi connectivity index (χ2n) is 6.46. The zero-order valence-corrected chi connectivity index (χ0v) is 17.7. The molecule has 1 aromatic heterocycles. The van der Waals surface area contributed by atoms with Crippen LogP contribution in [-0.4, -0.2) is 28.1 Å². The Morgan fingerprint density at radius 2 is 2.19 bits per heavy atom. The van der Waals surface area contributed by atoms with E-state index < -0.39 is 0 Å². The van der Waals surface area contributed by atoms with Gasteiger partial charge in [-0.25, -0.2) is 4.98 Å². The van der Waals surface area contributed by atoms with Crippen molar-refractivity contribution in [2.75, 3.05) is 12.3 Å². The summed E-state index contributed by atoms with van der Waals surface area (Å²) < 4.78 is 2.27. The third-order valence-electron chi connectivity index (χ3n) is 4.66. The van der Waals surface area contributed by atoms with E-state index >= 15 is 0 Å². The Hall–Kier alpha value is -1.37. The topological polar surface area (TPSA) is 33.2 Å². The molecule has 26 heavy (non-hydrogen) atoms. The average Bonchev–Trinajstić information content (AvgIpc) is 3.27. The minimum absolute atomic E-state index is 0.131. The molecule has 0 spiro atoms.